The van der Waals surface area contributed by atoms with Crippen LogP contribution < -0.4 is 10.2 Å². The molecule has 0 aromatic heterocycles. The molecule has 2 amide bonds. The summed E-state index contributed by atoms with van der Waals surface area (Å²) < 4.78 is 13.0. The summed E-state index contributed by atoms with van der Waals surface area (Å²) >= 11 is 0. The monoisotopic (exact) mass is 357 g/mol. The van der Waals surface area contributed by atoms with E-state index in [1.807, 2.05) is 0 Å². The van der Waals surface area contributed by atoms with Gasteiger partial charge in [-0.15, -0.1) is 0 Å². The highest BCUT2D eigenvalue weighted by molar-refractivity contribution is 6.03. The Bertz CT molecular complexity index is 883. The molecule has 1 unspecified atom stereocenters. The number of nitrogens with zero attached hydrogens (tertiary/aromatic N) is 2. The molecule has 0 spiro atoms. The molecule has 2 aromatic carbocycles. The maximum absolute atomic E-state index is 13.0. The summed E-state index contributed by atoms with van der Waals surface area (Å²) in [6.45, 7) is 1.90. The van der Waals surface area contributed by atoms with Gasteiger partial charge in [0.25, 0.3) is 5.69 Å². The van der Waals surface area contributed by atoms with Crippen molar-refractivity contribution in [3.05, 3.63) is 64.0 Å². The number of hydrogen-bond donors (Lipinski definition) is 1. The SMILES string of the molecule is Cc1ccc([N+](=O)[O-])cc1NC(=O)C1CC(=O)N(c2ccc(F)cc2)C1. The van der Waals surface area contributed by atoms with Crippen LogP contribution in [0.1, 0.15) is 12.0 Å². The number of benzene rings is 2. The van der Waals surface area contributed by atoms with Crippen molar-refractivity contribution < 1.29 is 18.9 Å². The molecular weight excluding hydrogens is 341 g/mol. The molecule has 0 saturated carbocycles. The van der Waals surface area contributed by atoms with Crippen molar-refractivity contribution in [2.75, 3.05) is 16.8 Å². The Morgan fingerprint density at radius 3 is 2.62 bits per heavy atom. The van der Waals surface area contributed by atoms with E-state index >= 15 is 0 Å². The average molecular weight is 357 g/mol. The molecule has 3 rings (SSSR count). The predicted molar refractivity (Wildman–Crippen MR) is 93.3 cm³/mol. The summed E-state index contributed by atoms with van der Waals surface area (Å²) in [6, 6.07) is 9.68. The van der Waals surface area contributed by atoms with E-state index < -0.39 is 16.7 Å². The minimum atomic E-state index is -0.591. The van der Waals surface area contributed by atoms with E-state index in [1.54, 1.807) is 13.0 Å². The van der Waals surface area contributed by atoms with Gasteiger partial charge in [0.15, 0.2) is 0 Å². The van der Waals surface area contributed by atoms with Crippen molar-refractivity contribution in [2.45, 2.75) is 13.3 Å². The molecule has 2 aromatic rings. The molecule has 1 fully saturated rings. The Morgan fingerprint density at radius 2 is 1.96 bits per heavy atom. The number of hydrogen-bond acceptors (Lipinski definition) is 4. The van der Waals surface area contributed by atoms with E-state index in [0.29, 0.717) is 16.9 Å². The first-order chi connectivity index (χ1) is 12.3. The fraction of sp³-hybridized carbons (Fsp3) is 0.222. The smallest absolute Gasteiger partial charge is 0.271 e. The number of non-ortho nitro benzene ring substituents is 1. The Kier molecular flexibility index (Phi) is 4.66. The van der Waals surface area contributed by atoms with Gasteiger partial charge in [-0.1, -0.05) is 6.07 Å². The number of amides is 2. The number of rotatable bonds is 4. The van der Waals surface area contributed by atoms with Crippen LogP contribution in [0.2, 0.25) is 0 Å². The minimum absolute atomic E-state index is 0.0250. The van der Waals surface area contributed by atoms with E-state index in [2.05, 4.69) is 5.32 Å². The van der Waals surface area contributed by atoms with Gasteiger partial charge < -0.3 is 10.2 Å². The van der Waals surface area contributed by atoms with Gasteiger partial charge in [0, 0.05) is 30.8 Å². The Morgan fingerprint density at radius 1 is 1.27 bits per heavy atom. The maximum Gasteiger partial charge on any atom is 0.271 e. The van der Waals surface area contributed by atoms with Crippen molar-refractivity contribution in [3.8, 4) is 0 Å². The fourth-order valence-electron chi connectivity index (χ4n) is 2.85. The largest absolute Gasteiger partial charge is 0.325 e. The van der Waals surface area contributed by atoms with E-state index in [1.165, 1.54) is 41.3 Å². The van der Waals surface area contributed by atoms with Crippen LogP contribution in [-0.2, 0) is 9.59 Å². The zero-order valence-corrected chi connectivity index (χ0v) is 13.9. The summed E-state index contributed by atoms with van der Waals surface area (Å²) in [5.74, 6) is -1.61. The number of anilines is 2. The maximum atomic E-state index is 13.0. The van der Waals surface area contributed by atoms with Crippen LogP contribution in [0, 0.1) is 28.8 Å². The van der Waals surface area contributed by atoms with Crippen LogP contribution in [0.25, 0.3) is 0 Å². The van der Waals surface area contributed by atoms with Crippen molar-refractivity contribution in [1.29, 1.82) is 0 Å². The van der Waals surface area contributed by atoms with Gasteiger partial charge in [-0.25, -0.2) is 4.39 Å². The predicted octanol–water partition coefficient (Wildman–Crippen LogP) is 3.03. The molecule has 1 saturated heterocycles. The quantitative estimate of drug-likeness (QED) is 0.672. The first-order valence-electron chi connectivity index (χ1n) is 7.97. The van der Waals surface area contributed by atoms with Crippen LogP contribution in [0.5, 0.6) is 0 Å². The van der Waals surface area contributed by atoms with Crippen molar-refractivity contribution in [2.24, 2.45) is 5.92 Å². The molecule has 1 atom stereocenters. The number of carbonyl (C=O) groups excluding carboxylic acids is 2. The number of nitro groups is 1. The third-order valence-corrected chi connectivity index (χ3v) is 4.32. The molecule has 7 nitrogen and oxygen atoms in total. The lowest BCUT2D eigenvalue weighted by Gasteiger charge is -2.17. The van der Waals surface area contributed by atoms with E-state index in [4.69, 9.17) is 0 Å². The second kappa shape index (κ2) is 6.91. The van der Waals surface area contributed by atoms with E-state index in [0.717, 1.165) is 0 Å². The molecule has 1 aliphatic heterocycles. The number of halogens is 1. The number of aryl methyl sites for hydroxylation is 1. The topological polar surface area (TPSA) is 92.5 Å². The van der Waals surface area contributed by atoms with Gasteiger partial charge in [-0.05, 0) is 36.8 Å². The normalized spacial score (nSPS) is 16.6. The standard InChI is InChI=1S/C18H16FN3O4/c1-11-2-5-15(22(25)26)9-16(11)20-18(24)12-8-17(23)21(10-12)14-6-3-13(19)4-7-14/h2-7,9,12H,8,10H2,1H3,(H,20,24). The van der Waals surface area contributed by atoms with Gasteiger partial charge in [0.05, 0.1) is 16.5 Å². The second-order valence-electron chi connectivity index (χ2n) is 6.13. The first-order valence-corrected chi connectivity index (χ1v) is 7.97. The molecule has 8 heteroatoms. The summed E-state index contributed by atoms with van der Waals surface area (Å²) in [4.78, 5) is 36.5. The summed E-state index contributed by atoms with van der Waals surface area (Å²) in [5, 5.41) is 13.6. The molecule has 1 N–H and O–H groups in total. The van der Waals surface area contributed by atoms with Crippen LogP contribution in [-0.4, -0.2) is 23.3 Å². The molecule has 1 aliphatic rings. The second-order valence-corrected chi connectivity index (χ2v) is 6.13. The van der Waals surface area contributed by atoms with Crippen LogP contribution in [0.4, 0.5) is 21.5 Å². The fourth-order valence-corrected chi connectivity index (χ4v) is 2.85. The highest BCUT2D eigenvalue weighted by Crippen LogP contribution is 2.27. The molecule has 0 radical (unpaired) electrons. The highest BCUT2D eigenvalue weighted by atomic mass is 19.1. The van der Waals surface area contributed by atoms with E-state index in [9.17, 15) is 24.1 Å². The number of carbonyl (C=O) groups is 2. The zero-order chi connectivity index (χ0) is 18.8. The lowest BCUT2D eigenvalue weighted by molar-refractivity contribution is -0.384. The number of nitrogens with one attached hydrogen (secondary N) is 1. The van der Waals surface area contributed by atoms with Gasteiger partial charge in [-0.3, -0.25) is 19.7 Å². The first kappa shape index (κ1) is 17.5. The van der Waals surface area contributed by atoms with Crippen molar-refractivity contribution in [3.63, 3.8) is 0 Å². The average Bonchev–Trinajstić information content (AvgIpc) is 2.99. The molecule has 134 valence electrons. The van der Waals surface area contributed by atoms with Gasteiger partial charge in [-0.2, -0.15) is 0 Å². The van der Waals surface area contributed by atoms with Crippen molar-refractivity contribution >= 4 is 28.9 Å². The summed E-state index contributed by atoms with van der Waals surface area (Å²) in [6.07, 6.45) is 0.0250. The minimum Gasteiger partial charge on any atom is -0.325 e. The molecule has 1 heterocycles. The molecule has 26 heavy (non-hydrogen) atoms. The van der Waals surface area contributed by atoms with Crippen LogP contribution in [0.15, 0.2) is 42.5 Å². The molecule has 0 aliphatic carbocycles. The number of nitro benzene ring substituents is 1. The lowest BCUT2D eigenvalue weighted by atomic mass is 10.1. The highest BCUT2D eigenvalue weighted by Gasteiger charge is 2.35. The van der Waals surface area contributed by atoms with E-state index in [-0.39, 0.29) is 30.5 Å². The lowest BCUT2D eigenvalue weighted by Crippen LogP contribution is -2.28. The van der Waals surface area contributed by atoms with Crippen LogP contribution >= 0.6 is 0 Å². The Labute approximate surface area is 148 Å². The Balaban J connectivity index is 1.73. The third kappa shape index (κ3) is 3.53. The van der Waals surface area contributed by atoms with Gasteiger partial charge >= 0.3 is 0 Å². The summed E-state index contributed by atoms with van der Waals surface area (Å²) in [7, 11) is 0. The van der Waals surface area contributed by atoms with Gasteiger partial charge in [0.2, 0.25) is 11.8 Å². The third-order valence-electron chi connectivity index (χ3n) is 4.32. The summed E-state index contributed by atoms with van der Waals surface area (Å²) in [5.41, 5.74) is 1.43. The Hall–Kier alpha value is -3.29. The van der Waals surface area contributed by atoms with Crippen molar-refractivity contribution in [1.82, 2.24) is 0 Å². The molecular formula is C18H16FN3O4. The zero-order valence-electron chi connectivity index (χ0n) is 13.9. The van der Waals surface area contributed by atoms with Gasteiger partial charge in [0.1, 0.15) is 5.82 Å². The molecule has 0 bridgehead atoms. The van der Waals surface area contributed by atoms with Crippen LogP contribution in [0.3, 0.4) is 0 Å².